The van der Waals surface area contributed by atoms with Crippen LogP contribution >= 0.6 is 12.2 Å². The number of carbonyl (C=O) groups is 1. The number of anilines is 1. The number of thiocarbonyl (C=S) groups is 1. The van der Waals surface area contributed by atoms with Crippen LogP contribution in [0.3, 0.4) is 0 Å². The largest absolute Gasteiger partial charge is 0.379 e. The molecular weight excluding hydrogens is 422 g/mol. The van der Waals surface area contributed by atoms with Crippen molar-refractivity contribution >= 4 is 38.9 Å². The third kappa shape index (κ3) is 5.42. The smallest absolute Gasteiger partial charge is 0.257 e. The van der Waals surface area contributed by atoms with Gasteiger partial charge in [-0.2, -0.15) is 4.31 Å². The van der Waals surface area contributed by atoms with Gasteiger partial charge in [-0.05, 0) is 60.1 Å². The van der Waals surface area contributed by atoms with Crippen LogP contribution < -0.4 is 10.6 Å². The minimum Gasteiger partial charge on any atom is -0.379 e. The maximum absolute atomic E-state index is 12.7. The van der Waals surface area contributed by atoms with Crippen molar-refractivity contribution in [3.05, 3.63) is 59.7 Å². The van der Waals surface area contributed by atoms with E-state index >= 15 is 0 Å². The number of hydrogen-bond donors (Lipinski definition) is 2. The molecule has 0 bridgehead atoms. The Labute approximate surface area is 182 Å². The van der Waals surface area contributed by atoms with Crippen molar-refractivity contribution in [2.45, 2.75) is 24.7 Å². The first-order chi connectivity index (χ1) is 14.3. The monoisotopic (exact) mass is 447 g/mol. The van der Waals surface area contributed by atoms with Crippen LogP contribution in [0.4, 0.5) is 5.69 Å². The number of nitrogens with one attached hydrogen (secondary N) is 2. The van der Waals surface area contributed by atoms with Gasteiger partial charge in [-0.3, -0.25) is 10.1 Å². The average Bonchev–Trinajstić information content (AvgIpc) is 2.74. The van der Waals surface area contributed by atoms with Crippen LogP contribution in [0.15, 0.2) is 53.4 Å². The van der Waals surface area contributed by atoms with Crippen LogP contribution in [0.5, 0.6) is 0 Å². The van der Waals surface area contributed by atoms with Gasteiger partial charge in [0.25, 0.3) is 5.91 Å². The second-order valence-electron chi connectivity index (χ2n) is 7.23. The molecule has 0 unspecified atom stereocenters. The number of rotatable bonds is 5. The lowest BCUT2D eigenvalue weighted by molar-refractivity contribution is 0.0730. The third-order valence-corrected chi connectivity index (χ3v) is 6.90. The molecule has 2 N–H and O–H groups in total. The van der Waals surface area contributed by atoms with E-state index in [1.165, 1.54) is 16.4 Å². The van der Waals surface area contributed by atoms with Gasteiger partial charge >= 0.3 is 0 Å². The Balaban J connectivity index is 1.59. The summed E-state index contributed by atoms with van der Waals surface area (Å²) in [6, 6.07) is 13.6. The lowest BCUT2D eigenvalue weighted by atomic mass is 10.0. The van der Waals surface area contributed by atoms with Crippen LogP contribution in [0.2, 0.25) is 0 Å². The second kappa shape index (κ2) is 9.65. The molecule has 1 aliphatic heterocycles. The Kier molecular flexibility index (Phi) is 7.19. The molecule has 0 aliphatic carbocycles. The quantitative estimate of drug-likeness (QED) is 0.686. The van der Waals surface area contributed by atoms with E-state index in [9.17, 15) is 13.2 Å². The summed E-state index contributed by atoms with van der Waals surface area (Å²) >= 11 is 5.20. The Bertz CT molecular complexity index is 998. The first kappa shape index (κ1) is 22.4. The molecule has 160 valence electrons. The maximum Gasteiger partial charge on any atom is 0.257 e. The first-order valence-corrected chi connectivity index (χ1v) is 11.5. The van der Waals surface area contributed by atoms with Gasteiger partial charge in [0.1, 0.15) is 0 Å². The highest BCUT2D eigenvalue weighted by Crippen LogP contribution is 2.19. The van der Waals surface area contributed by atoms with Crippen molar-refractivity contribution in [1.82, 2.24) is 9.62 Å². The van der Waals surface area contributed by atoms with Crippen molar-refractivity contribution < 1.29 is 17.9 Å². The van der Waals surface area contributed by atoms with Gasteiger partial charge in [-0.1, -0.05) is 26.0 Å². The molecule has 1 amide bonds. The summed E-state index contributed by atoms with van der Waals surface area (Å²) in [6.07, 6.45) is 0. The zero-order valence-corrected chi connectivity index (χ0v) is 18.6. The normalized spacial score (nSPS) is 15.0. The standard InChI is InChI=1S/C21H25N3O4S2/c1-15(2)16-3-5-17(6-4-16)20(25)23-21(29)22-18-7-9-19(10-8-18)30(26,27)24-11-13-28-14-12-24/h3-10,15H,11-14H2,1-2H3,(H2,22,23,25,29). The molecule has 1 heterocycles. The maximum atomic E-state index is 12.7. The number of benzene rings is 2. The summed E-state index contributed by atoms with van der Waals surface area (Å²) in [5.41, 5.74) is 2.24. The van der Waals surface area contributed by atoms with E-state index in [1.54, 1.807) is 24.3 Å². The van der Waals surface area contributed by atoms with Crippen LogP contribution in [0.25, 0.3) is 0 Å². The number of sulfonamides is 1. The topological polar surface area (TPSA) is 87.7 Å². The van der Waals surface area contributed by atoms with Crippen LogP contribution in [-0.4, -0.2) is 50.0 Å². The zero-order chi connectivity index (χ0) is 21.7. The molecule has 7 nitrogen and oxygen atoms in total. The minimum atomic E-state index is -3.55. The summed E-state index contributed by atoms with van der Waals surface area (Å²) in [5.74, 6) is 0.0780. The van der Waals surface area contributed by atoms with E-state index in [4.69, 9.17) is 17.0 Å². The van der Waals surface area contributed by atoms with E-state index < -0.39 is 10.0 Å². The summed E-state index contributed by atoms with van der Waals surface area (Å²) < 4.78 is 31.9. The van der Waals surface area contributed by atoms with Crippen LogP contribution in [0, 0.1) is 0 Å². The fraction of sp³-hybridized carbons (Fsp3) is 0.333. The van der Waals surface area contributed by atoms with Gasteiger partial charge in [-0.25, -0.2) is 8.42 Å². The summed E-state index contributed by atoms with van der Waals surface area (Å²) in [4.78, 5) is 12.6. The van der Waals surface area contributed by atoms with Gasteiger partial charge in [0.05, 0.1) is 18.1 Å². The molecule has 30 heavy (non-hydrogen) atoms. The van der Waals surface area contributed by atoms with Crippen LogP contribution in [0.1, 0.15) is 35.7 Å². The highest BCUT2D eigenvalue weighted by Gasteiger charge is 2.26. The summed E-state index contributed by atoms with van der Waals surface area (Å²) in [5, 5.41) is 5.67. The molecule has 0 radical (unpaired) electrons. The number of hydrogen-bond acceptors (Lipinski definition) is 5. The van der Waals surface area contributed by atoms with Gasteiger partial charge in [0, 0.05) is 24.3 Å². The Morgan fingerprint density at radius 1 is 1.03 bits per heavy atom. The second-order valence-corrected chi connectivity index (χ2v) is 9.57. The molecule has 1 saturated heterocycles. The highest BCUT2D eigenvalue weighted by atomic mass is 32.2. The zero-order valence-electron chi connectivity index (χ0n) is 16.9. The van der Waals surface area contributed by atoms with Crippen LogP contribution in [-0.2, 0) is 14.8 Å². The fourth-order valence-electron chi connectivity index (χ4n) is 3.00. The van der Waals surface area contributed by atoms with Crippen molar-refractivity contribution in [3.63, 3.8) is 0 Å². The molecule has 0 spiro atoms. The SMILES string of the molecule is CC(C)c1ccc(C(=O)NC(=S)Nc2ccc(S(=O)(=O)N3CCOCC3)cc2)cc1. The predicted octanol–water partition coefficient (Wildman–Crippen LogP) is 2.96. The van der Waals surface area contributed by atoms with E-state index in [1.807, 2.05) is 12.1 Å². The lowest BCUT2D eigenvalue weighted by Gasteiger charge is -2.26. The van der Waals surface area contributed by atoms with Crippen molar-refractivity contribution in [2.24, 2.45) is 0 Å². The molecule has 9 heteroatoms. The van der Waals surface area contributed by atoms with E-state index in [0.29, 0.717) is 43.5 Å². The van der Waals surface area contributed by atoms with Gasteiger partial charge in [0.15, 0.2) is 5.11 Å². The van der Waals surface area contributed by atoms with E-state index in [-0.39, 0.29) is 15.9 Å². The number of ether oxygens (including phenoxy) is 1. The molecule has 1 aliphatic rings. The predicted molar refractivity (Wildman–Crippen MR) is 120 cm³/mol. The number of nitrogens with zero attached hydrogens (tertiary/aromatic N) is 1. The third-order valence-electron chi connectivity index (χ3n) is 4.79. The Morgan fingerprint density at radius 3 is 2.20 bits per heavy atom. The van der Waals surface area contributed by atoms with E-state index in [0.717, 1.165) is 5.56 Å². The number of amides is 1. The molecule has 2 aromatic carbocycles. The molecule has 0 atom stereocenters. The molecule has 3 rings (SSSR count). The molecular formula is C21H25N3O4S2. The fourth-order valence-corrected chi connectivity index (χ4v) is 4.62. The Morgan fingerprint density at radius 2 is 1.63 bits per heavy atom. The molecule has 2 aromatic rings. The number of carbonyl (C=O) groups excluding carboxylic acids is 1. The number of morpholine rings is 1. The van der Waals surface area contributed by atoms with Gasteiger partial charge < -0.3 is 10.1 Å². The minimum absolute atomic E-state index is 0.136. The van der Waals surface area contributed by atoms with Crippen molar-refractivity contribution in [2.75, 3.05) is 31.6 Å². The van der Waals surface area contributed by atoms with Crippen molar-refractivity contribution in [1.29, 1.82) is 0 Å². The molecule has 0 saturated carbocycles. The molecule has 1 fully saturated rings. The van der Waals surface area contributed by atoms with E-state index in [2.05, 4.69) is 24.5 Å². The summed E-state index contributed by atoms with van der Waals surface area (Å²) in [7, 11) is -3.55. The Hall–Kier alpha value is -2.33. The van der Waals surface area contributed by atoms with Gasteiger partial charge in [-0.15, -0.1) is 0 Å². The highest BCUT2D eigenvalue weighted by molar-refractivity contribution is 7.89. The first-order valence-electron chi connectivity index (χ1n) is 9.67. The lowest BCUT2D eigenvalue weighted by Crippen LogP contribution is -2.40. The molecule has 0 aromatic heterocycles. The summed E-state index contributed by atoms with van der Waals surface area (Å²) in [6.45, 7) is 5.66. The van der Waals surface area contributed by atoms with Crippen molar-refractivity contribution in [3.8, 4) is 0 Å². The average molecular weight is 448 g/mol. The van der Waals surface area contributed by atoms with Gasteiger partial charge in [0.2, 0.25) is 10.0 Å².